The minimum absolute atomic E-state index is 0.117. The first-order valence-corrected chi connectivity index (χ1v) is 5.27. The molecule has 0 aromatic heterocycles. The molecule has 0 aliphatic heterocycles. The van der Waals surface area contributed by atoms with Gasteiger partial charge < -0.3 is 20.3 Å². The molecule has 1 saturated carbocycles. The Balaban J connectivity index is 2.34. The second kappa shape index (κ2) is 6.05. The van der Waals surface area contributed by atoms with E-state index in [4.69, 9.17) is 20.3 Å². The largest absolute Gasteiger partial charge is 0.461 e. The zero-order valence-electron chi connectivity index (χ0n) is 9.02. The van der Waals surface area contributed by atoms with Gasteiger partial charge in [0.2, 0.25) is 0 Å². The zero-order valence-corrected chi connectivity index (χ0v) is 9.02. The fourth-order valence-corrected chi connectivity index (χ4v) is 1.75. The van der Waals surface area contributed by atoms with Crippen LogP contribution >= 0.6 is 0 Å². The lowest BCUT2D eigenvalue weighted by molar-refractivity contribution is -0.155. The quantitative estimate of drug-likeness (QED) is 0.638. The molecule has 0 spiro atoms. The average molecular weight is 217 g/mol. The number of aliphatic hydroxyl groups excluding tert-OH is 1. The SMILES string of the molecule is COC1CCCC(OC(=O)[C@@H](N)CO)C1. The van der Waals surface area contributed by atoms with Crippen molar-refractivity contribution in [2.75, 3.05) is 13.7 Å². The van der Waals surface area contributed by atoms with Gasteiger partial charge in [-0.25, -0.2) is 0 Å². The normalized spacial score (nSPS) is 28.5. The van der Waals surface area contributed by atoms with Crippen molar-refractivity contribution in [2.45, 2.75) is 43.9 Å². The molecule has 5 nitrogen and oxygen atoms in total. The van der Waals surface area contributed by atoms with E-state index in [0.29, 0.717) is 0 Å². The lowest BCUT2D eigenvalue weighted by Gasteiger charge is -2.28. The summed E-state index contributed by atoms with van der Waals surface area (Å²) in [6, 6.07) is -0.923. The Morgan fingerprint density at radius 1 is 1.53 bits per heavy atom. The maximum Gasteiger partial charge on any atom is 0.325 e. The fourth-order valence-electron chi connectivity index (χ4n) is 1.75. The van der Waals surface area contributed by atoms with Gasteiger partial charge in [-0.2, -0.15) is 0 Å². The highest BCUT2D eigenvalue weighted by atomic mass is 16.5. The molecular weight excluding hydrogens is 198 g/mol. The molecule has 1 fully saturated rings. The number of hydrogen-bond donors (Lipinski definition) is 2. The van der Waals surface area contributed by atoms with E-state index in [1.54, 1.807) is 7.11 Å². The summed E-state index contributed by atoms with van der Waals surface area (Å²) in [7, 11) is 1.66. The number of aliphatic hydroxyl groups is 1. The Morgan fingerprint density at radius 2 is 2.20 bits per heavy atom. The summed E-state index contributed by atoms with van der Waals surface area (Å²) in [5.74, 6) is -0.528. The van der Waals surface area contributed by atoms with Crippen LogP contribution in [0.5, 0.6) is 0 Å². The Morgan fingerprint density at radius 3 is 2.80 bits per heavy atom. The van der Waals surface area contributed by atoms with Gasteiger partial charge in [0.25, 0.3) is 0 Å². The number of carbonyl (C=O) groups excluding carboxylic acids is 1. The smallest absolute Gasteiger partial charge is 0.325 e. The molecule has 3 N–H and O–H groups in total. The molecule has 1 aliphatic carbocycles. The van der Waals surface area contributed by atoms with Gasteiger partial charge in [-0.15, -0.1) is 0 Å². The number of hydrogen-bond acceptors (Lipinski definition) is 5. The van der Waals surface area contributed by atoms with Gasteiger partial charge in [0.1, 0.15) is 12.1 Å². The molecule has 0 aromatic rings. The van der Waals surface area contributed by atoms with Crippen molar-refractivity contribution in [3.05, 3.63) is 0 Å². The van der Waals surface area contributed by atoms with Gasteiger partial charge in [-0.05, 0) is 19.3 Å². The van der Waals surface area contributed by atoms with Crippen molar-refractivity contribution in [1.29, 1.82) is 0 Å². The van der Waals surface area contributed by atoms with Gasteiger partial charge in [-0.1, -0.05) is 0 Å². The number of esters is 1. The lowest BCUT2D eigenvalue weighted by atomic mass is 9.95. The number of rotatable bonds is 4. The molecule has 1 rings (SSSR count). The summed E-state index contributed by atoms with van der Waals surface area (Å²) >= 11 is 0. The van der Waals surface area contributed by atoms with Crippen LogP contribution in [0.25, 0.3) is 0 Å². The van der Waals surface area contributed by atoms with Crippen LogP contribution in [0.15, 0.2) is 0 Å². The lowest BCUT2D eigenvalue weighted by Crippen LogP contribution is -2.39. The summed E-state index contributed by atoms with van der Waals surface area (Å²) in [5, 5.41) is 8.68. The number of methoxy groups -OCH3 is 1. The van der Waals surface area contributed by atoms with Crippen LogP contribution in [0.1, 0.15) is 25.7 Å². The third-order valence-corrected chi connectivity index (χ3v) is 2.69. The maximum absolute atomic E-state index is 11.3. The molecule has 15 heavy (non-hydrogen) atoms. The molecule has 1 aliphatic rings. The molecule has 0 aromatic carbocycles. The van der Waals surface area contributed by atoms with Gasteiger partial charge >= 0.3 is 5.97 Å². The summed E-state index contributed by atoms with van der Waals surface area (Å²) in [5.41, 5.74) is 5.35. The van der Waals surface area contributed by atoms with Gasteiger partial charge in [0.15, 0.2) is 0 Å². The van der Waals surface area contributed by atoms with E-state index in [1.165, 1.54) is 0 Å². The fraction of sp³-hybridized carbons (Fsp3) is 0.900. The van der Waals surface area contributed by atoms with E-state index in [2.05, 4.69) is 0 Å². The van der Waals surface area contributed by atoms with E-state index in [0.717, 1.165) is 25.7 Å². The van der Waals surface area contributed by atoms with Crippen LogP contribution < -0.4 is 5.73 Å². The minimum atomic E-state index is -0.923. The first-order chi connectivity index (χ1) is 7.17. The van der Waals surface area contributed by atoms with Gasteiger partial charge in [-0.3, -0.25) is 4.79 Å². The second-order valence-electron chi connectivity index (χ2n) is 3.87. The number of ether oxygens (including phenoxy) is 2. The van der Waals surface area contributed by atoms with E-state index in [1.807, 2.05) is 0 Å². The standard InChI is InChI=1S/C10H19NO4/c1-14-7-3-2-4-8(5-7)15-10(13)9(11)6-12/h7-9,12H,2-6,11H2,1H3/t7?,8?,9-/m0/s1. The van der Waals surface area contributed by atoms with Crippen molar-refractivity contribution >= 4 is 5.97 Å². The van der Waals surface area contributed by atoms with Gasteiger partial charge in [0, 0.05) is 13.5 Å². The van der Waals surface area contributed by atoms with Crippen LogP contribution in [-0.4, -0.2) is 43.0 Å². The summed E-state index contributed by atoms with van der Waals surface area (Å²) < 4.78 is 10.4. The van der Waals surface area contributed by atoms with Crippen molar-refractivity contribution in [1.82, 2.24) is 0 Å². The predicted molar refractivity (Wildman–Crippen MR) is 54.2 cm³/mol. The highest BCUT2D eigenvalue weighted by Crippen LogP contribution is 2.23. The zero-order chi connectivity index (χ0) is 11.3. The van der Waals surface area contributed by atoms with Crippen molar-refractivity contribution in [2.24, 2.45) is 5.73 Å². The predicted octanol–water partition coefficient (Wildman–Crippen LogP) is -0.193. The maximum atomic E-state index is 11.3. The molecule has 0 heterocycles. The van der Waals surface area contributed by atoms with E-state index in [9.17, 15) is 4.79 Å². The van der Waals surface area contributed by atoms with Crippen LogP contribution in [0.2, 0.25) is 0 Å². The van der Waals surface area contributed by atoms with Crippen LogP contribution in [-0.2, 0) is 14.3 Å². The Hall–Kier alpha value is -0.650. The Labute approximate surface area is 89.5 Å². The number of nitrogens with two attached hydrogens (primary N) is 1. The van der Waals surface area contributed by atoms with E-state index >= 15 is 0 Å². The Kier molecular flexibility index (Phi) is 5.01. The van der Waals surface area contributed by atoms with Crippen molar-refractivity contribution < 1.29 is 19.4 Å². The molecule has 0 saturated heterocycles. The molecule has 0 amide bonds. The van der Waals surface area contributed by atoms with E-state index < -0.39 is 12.0 Å². The molecule has 2 unspecified atom stereocenters. The summed E-state index contributed by atoms with van der Waals surface area (Å²) in [4.78, 5) is 11.3. The average Bonchev–Trinajstić information content (AvgIpc) is 2.28. The molecule has 88 valence electrons. The van der Waals surface area contributed by atoms with Gasteiger partial charge in [0.05, 0.1) is 12.7 Å². The number of carbonyl (C=O) groups is 1. The Bertz CT molecular complexity index is 210. The van der Waals surface area contributed by atoms with E-state index in [-0.39, 0.29) is 18.8 Å². The van der Waals surface area contributed by atoms with Crippen molar-refractivity contribution in [3.63, 3.8) is 0 Å². The molecule has 5 heteroatoms. The molecular formula is C10H19NO4. The highest BCUT2D eigenvalue weighted by Gasteiger charge is 2.26. The second-order valence-corrected chi connectivity index (χ2v) is 3.87. The molecule has 0 bridgehead atoms. The minimum Gasteiger partial charge on any atom is -0.461 e. The summed E-state index contributed by atoms with van der Waals surface area (Å²) in [6.07, 6.45) is 3.63. The first kappa shape index (κ1) is 12.4. The van der Waals surface area contributed by atoms with Crippen LogP contribution in [0, 0.1) is 0 Å². The monoisotopic (exact) mass is 217 g/mol. The van der Waals surface area contributed by atoms with Crippen molar-refractivity contribution in [3.8, 4) is 0 Å². The first-order valence-electron chi connectivity index (χ1n) is 5.27. The van der Waals surface area contributed by atoms with Crippen LogP contribution in [0.4, 0.5) is 0 Å². The summed E-state index contributed by atoms with van der Waals surface area (Å²) in [6.45, 7) is -0.376. The third kappa shape index (κ3) is 3.77. The topological polar surface area (TPSA) is 81.8 Å². The third-order valence-electron chi connectivity index (χ3n) is 2.69. The highest BCUT2D eigenvalue weighted by molar-refractivity contribution is 5.75. The molecule has 0 radical (unpaired) electrons. The molecule has 3 atom stereocenters. The van der Waals surface area contributed by atoms with Crippen LogP contribution in [0.3, 0.4) is 0 Å².